The van der Waals surface area contributed by atoms with Gasteiger partial charge in [0.05, 0.1) is 16.7 Å². The summed E-state index contributed by atoms with van der Waals surface area (Å²) in [6, 6.07) is 0. The van der Waals surface area contributed by atoms with Crippen molar-refractivity contribution in [2.24, 2.45) is 7.05 Å². The van der Waals surface area contributed by atoms with Crippen LogP contribution in [0.3, 0.4) is 0 Å². The summed E-state index contributed by atoms with van der Waals surface area (Å²) in [5, 5.41) is 9.29. The van der Waals surface area contributed by atoms with Crippen LogP contribution in [0.15, 0.2) is 4.47 Å². The first-order valence-corrected chi connectivity index (χ1v) is 6.42. The minimum atomic E-state index is -0.546. The van der Waals surface area contributed by atoms with Crippen LogP contribution >= 0.6 is 15.9 Å². The Balaban J connectivity index is 2.66. The van der Waals surface area contributed by atoms with Gasteiger partial charge in [-0.1, -0.05) is 0 Å². The van der Waals surface area contributed by atoms with Crippen LogP contribution in [-0.2, 0) is 23.1 Å². The number of aromatic nitrogens is 2. The summed E-state index contributed by atoms with van der Waals surface area (Å²) < 4.78 is 7.24. The molecule has 0 aliphatic rings. The highest BCUT2D eigenvalue weighted by Crippen LogP contribution is 2.25. The summed E-state index contributed by atoms with van der Waals surface area (Å²) in [6.45, 7) is 5.56. The van der Waals surface area contributed by atoms with Gasteiger partial charge in [0.25, 0.3) is 0 Å². The Labute approximate surface area is 119 Å². The van der Waals surface area contributed by atoms with E-state index < -0.39 is 11.7 Å². The van der Waals surface area contributed by atoms with Crippen LogP contribution in [0.4, 0.5) is 10.6 Å². The van der Waals surface area contributed by atoms with Crippen LogP contribution in [0, 0.1) is 0 Å². The Morgan fingerprint density at radius 1 is 1.53 bits per heavy atom. The molecule has 19 heavy (non-hydrogen) atoms. The molecule has 0 spiro atoms. The van der Waals surface area contributed by atoms with E-state index in [0.717, 1.165) is 0 Å². The molecule has 2 N–H and O–H groups in total. The third kappa shape index (κ3) is 4.55. The topological polar surface area (TPSA) is 85.2 Å². The van der Waals surface area contributed by atoms with Crippen molar-refractivity contribution in [2.45, 2.75) is 32.9 Å². The molecule has 0 bridgehead atoms. The van der Waals surface area contributed by atoms with E-state index in [1.54, 1.807) is 27.8 Å². The summed E-state index contributed by atoms with van der Waals surface area (Å²) in [5.74, 6) is 0.524. The molecule has 0 radical (unpaired) electrons. The van der Waals surface area contributed by atoms with Crippen molar-refractivity contribution in [3.8, 4) is 0 Å². The molecule has 0 saturated carbocycles. The Morgan fingerprint density at radius 2 is 2.16 bits per heavy atom. The van der Waals surface area contributed by atoms with E-state index in [1.807, 2.05) is 0 Å². The Bertz CT molecular complexity index is 479. The molecule has 0 aliphatic carbocycles. The number of hydrogen-bond donors (Lipinski definition) is 2. The second-order valence-electron chi connectivity index (χ2n) is 4.85. The highest BCUT2D eigenvalue weighted by atomic mass is 79.9. The molecule has 106 valence electrons. The maximum atomic E-state index is 11.5. The molecule has 0 aromatic carbocycles. The number of nitrogens with zero attached hydrogens (tertiary/aromatic N) is 2. The molecule has 1 rings (SSSR count). The van der Waals surface area contributed by atoms with Crippen LogP contribution < -0.4 is 10.6 Å². The maximum absolute atomic E-state index is 11.5. The average Bonchev–Trinajstić information content (AvgIpc) is 2.52. The molecule has 1 heterocycles. The predicted octanol–water partition coefficient (Wildman–Crippen LogP) is 1.78. The van der Waals surface area contributed by atoms with Gasteiger partial charge in [0.2, 0.25) is 6.41 Å². The Kier molecular flexibility index (Phi) is 4.93. The molecular formula is C11H17BrN4O3. The van der Waals surface area contributed by atoms with Crippen molar-refractivity contribution >= 4 is 34.3 Å². The van der Waals surface area contributed by atoms with Crippen LogP contribution in [0.2, 0.25) is 0 Å². The maximum Gasteiger partial charge on any atom is 0.407 e. The smallest absolute Gasteiger partial charge is 0.407 e. The monoisotopic (exact) mass is 332 g/mol. The highest BCUT2D eigenvalue weighted by Gasteiger charge is 2.18. The number of alkyl carbamates (subject to hydrolysis) is 1. The zero-order valence-electron chi connectivity index (χ0n) is 11.3. The fourth-order valence-electron chi connectivity index (χ4n) is 1.35. The molecule has 0 saturated heterocycles. The average molecular weight is 333 g/mol. The third-order valence-electron chi connectivity index (χ3n) is 2.05. The van der Waals surface area contributed by atoms with Crippen molar-refractivity contribution < 1.29 is 14.3 Å². The number of anilines is 1. The van der Waals surface area contributed by atoms with Gasteiger partial charge >= 0.3 is 6.09 Å². The number of amides is 2. The van der Waals surface area contributed by atoms with Gasteiger partial charge in [0.1, 0.15) is 11.4 Å². The van der Waals surface area contributed by atoms with E-state index in [9.17, 15) is 9.59 Å². The summed E-state index contributed by atoms with van der Waals surface area (Å²) in [4.78, 5) is 22.0. The van der Waals surface area contributed by atoms with E-state index in [-0.39, 0.29) is 6.54 Å². The second-order valence-corrected chi connectivity index (χ2v) is 5.64. The van der Waals surface area contributed by atoms with Gasteiger partial charge in [-0.2, -0.15) is 5.10 Å². The number of hydrogen-bond acceptors (Lipinski definition) is 4. The normalized spacial score (nSPS) is 11.0. The minimum Gasteiger partial charge on any atom is -0.444 e. The van der Waals surface area contributed by atoms with Gasteiger partial charge in [-0.3, -0.25) is 9.48 Å². The van der Waals surface area contributed by atoms with Gasteiger partial charge in [-0.05, 0) is 36.7 Å². The van der Waals surface area contributed by atoms with E-state index in [1.165, 1.54) is 4.68 Å². The lowest BCUT2D eigenvalue weighted by atomic mass is 10.2. The highest BCUT2D eigenvalue weighted by molar-refractivity contribution is 9.10. The van der Waals surface area contributed by atoms with Crippen molar-refractivity contribution in [2.75, 3.05) is 5.32 Å². The first-order valence-electron chi connectivity index (χ1n) is 5.63. The minimum absolute atomic E-state index is 0.198. The number of carbonyl (C=O) groups is 2. The molecule has 7 nitrogen and oxygen atoms in total. The first kappa shape index (κ1) is 15.5. The van der Waals surface area contributed by atoms with Gasteiger partial charge in [0, 0.05) is 7.05 Å². The molecule has 0 fully saturated rings. The van der Waals surface area contributed by atoms with Crippen LogP contribution in [0.5, 0.6) is 0 Å². The van der Waals surface area contributed by atoms with Crippen molar-refractivity contribution in [1.82, 2.24) is 15.1 Å². The van der Waals surface area contributed by atoms with Crippen LogP contribution in [0.1, 0.15) is 26.5 Å². The zero-order chi connectivity index (χ0) is 14.6. The van der Waals surface area contributed by atoms with Crippen LogP contribution in [-0.4, -0.2) is 27.9 Å². The molecule has 8 heteroatoms. The SMILES string of the molecule is Cn1nc(CNC(=O)OC(C)(C)C)c(Br)c1NC=O. The van der Waals surface area contributed by atoms with Crippen molar-refractivity contribution in [3.63, 3.8) is 0 Å². The van der Waals surface area contributed by atoms with E-state index >= 15 is 0 Å². The summed E-state index contributed by atoms with van der Waals surface area (Å²) in [6.07, 6.45) is 0.0438. The Hall–Kier alpha value is -1.57. The third-order valence-corrected chi connectivity index (χ3v) is 2.88. The number of aryl methyl sites for hydroxylation is 1. The fraction of sp³-hybridized carbons (Fsp3) is 0.545. The Morgan fingerprint density at radius 3 is 2.68 bits per heavy atom. The molecule has 1 aromatic heterocycles. The molecule has 0 aliphatic heterocycles. The van der Waals surface area contributed by atoms with Gasteiger partial charge in [0.15, 0.2) is 0 Å². The summed E-state index contributed by atoms with van der Waals surface area (Å²) in [7, 11) is 1.69. The predicted molar refractivity (Wildman–Crippen MR) is 73.7 cm³/mol. The molecular weight excluding hydrogens is 316 g/mol. The summed E-state index contributed by atoms with van der Waals surface area (Å²) >= 11 is 3.32. The molecule has 0 unspecified atom stereocenters. The fourth-order valence-corrected chi connectivity index (χ4v) is 1.94. The van der Waals surface area contributed by atoms with Gasteiger partial charge in [-0.25, -0.2) is 4.79 Å². The number of rotatable bonds is 4. The quantitative estimate of drug-likeness (QED) is 0.823. The lowest BCUT2D eigenvalue weighted by Gasteiger charge is -2.19. The van der Waals surface area contributed by atoms with E-state index in [4.69, 9.17) is 4.74 Å². The van der Waals surface area contributed by atoms with Crippen molar-refractivity contribution in [3.05, 3.63) is 10.2 Å². The number of nitrogens with one attached hydrogen (secondary N) is 2. The number of ether oxygens (including phenoxy) is 1. The van der Waals surface area contributed by atoms with E-state index in [0.29, 0.717) is 22.4 Å². The molecule has 2 amide bonds. The standard InChI is InChI=1S/C11H17BrN4O3/c1-11(2,3)19-10(18)13-5-7-8(12)9(14-6-17)16(4)15-7/h6H,5H2,1-4H3,(H,13,18)(H,14,17). The van der Waals surface area contributed by atoms with Gasteiger partial charge in [-0.15, -0.1) is 0 Å². The molecule has 0 atom stereocenters. The van der Waals surface area contributed by atoms with Crippen molar-refractivity contribution in [1.29, 1.82) is 0 Å². The van der Waals surface area contributed by atoms with Crippen LogP contribution in [0.25, 0.3) is 0 Å². The first-order chi connectivity index (χ1) is 8.74. The molecule has 1 aromatic rings. The zero-order valence-corrected chi connectivity index (χ0v) is 12.9. The van der Waals surface area contributed by atoms with E-state index in [2.05, 4.69) is 31.7 Å². The lowest BCUT2D eigenvalue weighted by molar-refractivity contribution is -0.105. The lowest BCUT2D eigenvalue weighted by Crippen LogP contribution is -2.32. The second kappa shape index (κ2) is 6.05. The number of carbonyl (C=O) groups excluding carboxylic acids is 2. The van der Waals surface area contributed by atoms with Gasteiger partial charge < -0.3 is 15.4 Å². The number of halogens is 1. The largest absolute Gasteiger partial charge is 0.444 e. The summed E-state index contributed by atoms with van der Waals surface area (Å²) in [5.41, 5.74) is 0.0491.